The van der Waals surface area contributed by atoms with Crippen molar-refractivity contribution in [3.8, 4) is 0 Å². The molecule has 0 saturated carbocycles. The number of halogens is 1. The lowest BCUT2D eigenvalue weighted by molar-refractivity contribution is -0.126. The van der Waals surface area contributed by atoms with E-state index in [1.165, 1.54) is 11.6 Å². The second-order valence-corrected chi connectivity index (χ2v) is 7.68. The highest BCUT2D eigenvalue weighted by atomic mass is 19.1. The van der Waals surface area contributed by atoms with E-state index in [2.05, 4.69) is 27.7 Å². The normalized spacial score (nSPS) is 23.5. The lowest BCUT2D eigenvalue weighted by atomic mass is 9.74. The van der Waals surface area contributed by atoms with E-state index in [1.807, 2.05) is 18.2 Å². The van der Waals surface area contributed by atoms with Gasteiger partial charge in [-0.2, -0.15) is 0 Å². The Labute approximate surface area is 163 Å². The summed E-state index contributed by atoms with van der Waals surface area (Å²) in [6.07, 6.45) is 1.71. The molecule has 0 aliphatic carbocycles. The van der Waals surface area contributed by atoms with Crippen molar-refractivity contribution in [2.45, 2.75) is 31.3 Å². The zero-order valence-electron chi connectivity index (χ0n) is 15.7. The molecule has 2 aromatic carbocycles. The van der Waals surface area contributed by atoms with Gasteiger partial charge in [0.25, 0.3) is 5.91 Å². The van der Waals surface area contributed by atoms with Gasteiger partial charge in [0, 0.05) is 13.0 Å². The van der Waals surface area contributed by atoms with Gasteiger partial charge >= 0.3 is 6.03 Å². The molecule has 2 fully saturated rings. The average molecular weight is 381 g/mol. The molecule has 5 nitrogen and oxygen atoms in total. The van der Waals surface area contributed by atoms with E-state index in [9.17, 15) is 14.0 Å². The molecule has 0 aromatic heterocycles. The molecule has 3 amide bonds. The number of carbonyl (C=O) groups is 2. The maximum absolute atomic E-state index is 14.3. The number of likely N-dealkylation sites (tertiary alicyclic amines) is 1. The maximum atomic E-state index is 14.3. The van der Waals surface area contributed by atoms with Crippen LogP contribution in [-0.4, -0.2) is 35.5 Å². The summed E-state index contributed by atoms with van der Waals surface area (Å²) in [6.45, 7) is 2.54. The van der Waals surface area contributed by atoms with Crippen LogP contribution in [0.4, 0.5) is 9.18 Å². The number of benzene rings is 2. The third kappa shape index (κ3) is 3.64. The van der Waals surface area contributed by atoms with E-state index in [0.717, 1.165) is 32.5 Å². The fraction of sp³-hybridized carbons (Fsp3) is 0.364. The fourth-order valence-corrected chi connectivity index (χ4v) is 4.43. The van der Waals surface area contributed by atoms with Crippen LogP contribution in [0.1, 0.15) is 24.0 Å². The number of nitrogens with zero attached hydrogens (tertiary/aromatic N) is 1. The van der Waals surface area contributed by atoms with Crippen LogP contribution in [-0.2, 0) is 17.8 Å². The maximum Gasteiger partial charge on any atom is 0.322 e. The minimum absolute atomic E-state index is 0.0365. The Morgan fingerprint density at radius 3 is 2.32 bits per heavy atom. The van der Waals surface area contributed by atoms with Crippen molar-refractivity contribution in [1.29, 1.82) is 0 Å². The Morgan fingerprint density at radius 1 is 1.00 bits per heavy atom. The topological polar surface area (TPSA) is 61.4 Å². The predicted molar refractivity (Wildman–Crippen MR) is 104 cm³/mol. The number of nitrogens with one attached hydrogen (secondary N) is 2. The fourth-order valence-electron chi connectivity index (χ4n) is 4.43. The first-order valence-electron chi connectivity index (χ1n) is 9.70. The van der Waals surface area contributed by atoms with E-state index >= 15 is 0 Å². The van der Waals surface area contributed by atoms with E-state index in [1.54, 1.807) is 18.2 Å². The van der Waals surface area contributed by atoms with Crippen molar-refractivity contribution in [3.63, 3.8) is 0 Å². The van der Waals surface area contributed by atoms with Gasteiger partial charge < -0.3 is 5.32 Å². The molecule has 146 valence electrons. The molecule has 0 radical (unpaired) electrons. The largest absolute Gasteiger partial charge is 0.323 e. The summed E-state index contributed by atoms with van der Waals surface area (Å²) in [4.78, 5) is 27.1. The molecular formula is C22H24FN3O2. The van der Waals surface area contributed by atoms with Gasteiger partial charge in [0.2, 0.25) is 0 Å². The summed E-state index contributed by atoms with van der Waals surface area (Å²) >= 11 is 0. The SMILES string of the molecule is O=C1NC(=O)[C@@](Cc2ccccc2F)(C2CCN(Cc3ccccc3)CC2)N1. The van der Waals surface area contributed by atoms with E-state index < -0.39 is 11.6 Å². The molecule has 2 N–H and O–H groups in total. The lowest BCUT2D eigenvalue weighted by Crippen LogP contribution is -2.57. The number of rotatable bonds is 5. The van der Waals surface area contributed by atoms with Crippen molar-refractivity contribution in [1.82, 2.24) is 15.5 Å². The number of carbonyl (C=O) groups excluding carboxylic acids is 2. The zero-order chi connectivity index (χ0) is 19.6. The molecule has 2 aliphatic heterocycles. The monoisotopic (exact) mass is 381 g/mol. The number of piperidine rings is 1. The molecule has 0 bridgehead atoms. The molecule has 28 heavy (non-hydrogen) atoms. The second kappa shape index (κ2) is 7.72. The van der Waals surface area contributed by atoms with Gasteiger partial charge in [-0.3, -0.25) is 15.0 Å². The van der Waals surface area contributed by atoms with Crippen molar-refractivity contribution < 1.29 is 14.0 Å². The number of imide groups is 1. The second-order valence-electron chi connectivity index (χ2n) is 7.68. The Balaban J connectivity index is 1.50. The van der Waals surface area contributed by atoms with Gasteiger partial charge in [0.1, 0.15) is 11.4 Å². The molecule has 2 saturated heterocycles. The molecule has 6 heteroatoms. The van der Waals surface area contributed by atoms with E-state index in [4.69, 9.17) is 0 Å². The predicted octanol–water partition coefficient (Wildman–Crippen LogP) is 2.86. The summed E-state index contributed by atoms with van der Waals surface area (Å²) in [5, 5.41) is 5.21. The molecular weight excluding hydrogens is 357 g/mol. The van der Waals surface area contributed by atoms with Crippen molar-refractivity contribution in [3.05, 3.63) is 71.5 Å². The van der Waals surface area contributed by atoms with Crippen LogP contribution >= 0.6 is 0 Å². The highest BCUT2D eigenvalue weighted by Gasteiger charge is 2.52. The van der Waals surface area contributed by atoms with Crippen LogP contribution in [0.5, 0.6) is 0 Å². The third-order valence-corrected chi connectivity index (χ3v) is 5.93. The van der Waals surface area contributed by atoms with Crippen LogP contribution in [0.15, 0.2) is 54.6 Å². The van der Waals surface area contributed by atoms with Crippen LogP contribution < -0.4 is 10.6 Å². The van der Waals surface area contributed by atoms with Crippen LogP contribution in [0.25, 0.3) is 0 Å². The molecule has 0 unspecified atom stereocenters. The van der Waals surface area contributed by atoms with E-state index in [0.29, 0.717) is 5.56 Å². The molecule has 1 atom stereocenters. The van der Waals surface area contributed by atoms with Crippen molar-refractivity contribution in [2.75, 3.05) is 13.1 Å². The summed E-state index contributed by atoms with van der Waals surface area (Å²) in [5.74, 6) is -0.731. The lowest BCUT2D eigenvalue weighted by Gasteiger charge is -2.40. The van der Waals surface area contributed by atoms with Crippen LogP contribution in [0.2, 0.25) is 0 Å². The average Bonchev–Trinajstić information content (AvgIpc) is 2.99. The van der Waals surface area contributed by atoms with Gasteiger partial charge in [-0.05, 0) is 49.0 Å². The molecule has 4 rings (SSSR count). The number of hydrogen-bond acceptors (Lipinski definition) is 3. The first-order valence-corrected chi connectivity index (χ1v) is 9.70. The summed E-state index contributed by atoms with van der Waals surface area (Å²) in [6, 6.07) is 16.2. The smallest absolute Gasteiger partial charge is 0.322 e. The quantitative estimate of drug-likeness (QED) is 0.783. The zero-order valence-corrected chi connectivity index (χ0v) is 15.7. The van der Waals surface area contributed by atoms with Crippen LogP contribution in [0, 0.1) is 11.7 Å². The van der Waals surface area contributed by atoms with Crippen molar-refractivity contribution in [2.24, 2.45) is 5.92 Å². The summed E-state index contributed by atoms with van der Waals surface area (Å²) in [7, 11) is 0. The minimum atomic E-state index is -1.09. The highest BCUT2D eigenvalue weighted by molar-refractivity contribution is 6.07. The van der Waals surface area contributed by atoms with Gasteiger partial charge in [-0.25, -0.2) is 9.18 Å². The molecule has 2 heterocycles. The van der Waals surface area contributed by atoms with Gasteiger partial charge in [0.15, 0.2) is 0 Å². The third-order valence-electron chi connectivity index (χ3n) is 5.93. The van der Waals surface area contributed by atoms with Gasteiger partial charge in [-0.1, -0.05) is 48.5 Å². The Hall–Kier alpha value is -2.73. The van der Waals surface area contributed by atoms with E-state index in [-0.39, 0.29) is 24.1 Å². The summed E-state index contributed by atoms with van der Waals surface area (Å²) in [5.41, 5.74) is 0.624. The molecule has 2 aliphatic rings. The van der Waals surface area contributed by atoms with Crippen molar-refractivity contribution >= 4 is 11.9 Å². The number of urea groups is 1. The summed E-state index contributed by atoms with van der Waals surface area (Å²) < 4.78 is 14.3. The Kier molecular flexibility index (Phi) is 5.13. The highest BCUT2D eigenvalue weighted by Crippen LogP contribution is 2.34. The molecule has 0 spiro atoms. The Morgan fingerprint density at radius 2 is 1.68 bits per heavy atom. The van der Waals surface area contributed by atoms with Crippen LogP contribution in [0.3, 0.4) is 0 Å². The number of amides is 3. The van der Waals surface area contributed by atoms with Gasteiger partial charge in [-0.15, -0.1) is 0 Å². The first-order chi connectivity index (χ1) is 13.6. The van der Waals surface area contributed by atoms with Gasteiger partial charge in [0.05, 0.1) is 0 Å². The standard InChI is InChI=1S/C22H24FN3O2/c23-19-9-5-4-8-17(19)14-22(20(27)24-21(28)25-22)18-10-12-26(13-11-18)15-16-6-2-1-3-7-16/h1-9,18H,10-15H2,(H2,24,25,27,28)/t22-/m1/s1. The molecule has 2 aromatic rings. The first kappa shape index (κ1) is 18.6. The number of hydrogen-bond donors (Lipinski definition) is 2. The Bertz CT molecular complexity index is 865. The minimum Gasteiger partial charge on any atom is -0.323 e.